The predicted molar refractivity (Wildman–Crippen MR) is 52.9 cm³/mol. The third kappa shape index (κ3) is 1.41. The zero-order valence-corrected chi connectivity index (χ0v) is 7.47. The number of anilines is 1. The SMILES string of the molecule is Nc1ncc(C2=CCCC=C2)s1. The van der Waals surface area contributed by atoms with E-state index in [-0.39, 0.29) is 0 Å². The number of nitrogen functional groups attached to an aromatic ring is 1. The van der Waals surface area contributed by atoms with Crippen LogP contribution in [0.5, 0.6) is 0 Å². The highest BCUT2D eigenvalue weighted by Gasteiger charge is 2.03. The van der Waals surface area contributed by atoms with Crippen molar-refractivity contribution in [1.29, 1.82) is 0 Å². The van der Waals surface area contributed by atoms with Gasteiger partial charge in [-0.2, -0.15) is 0 Å². The summed E-state index contributed by atoms with van der Waals surface area (Å²) < 4.78 is 0. The Morgan fingerprint density at radius 3 is 2.92 bits per heavy atom. The number of nitrogens with zero attached hydrogens (tertiary/aromatic N) is 1. The van der Waals surface area contributed by atoms with Gasteiger partial charge in [0.05, 0.1) is 4.88 Å². The summed E-state index contributed by atoms with van der Waals surface area (Å²) in [5, 5.41) is 0.643. The van der Waals surface area contributed by atoms with Gasteiger partial charge in [-0.1, -0.05) is 29.6 Å². The molecule has 0 saturated carbocycles. The quantitative estimate of drug-likeness (QED) is 0.717. The lowest BCUT2D eigenvalue weighted by Gasteiger charge is -2.02. The minimum absolute atomic E-state index is 0.643. The summed E-state index contributed by atoms with van der Waals surface area (Å²) >= 11 is 1.54. The molecule has 1 heterocycles. The lowest BCUT2D eigenvalue weighted by atomic mass is 10.1. The first-order chi connectivity index (χ1) is 5.86. The molecule has 3 heteroatoms. The van der Waals surface area contributed by atoms with Crippen LogP contribution in [0.1, 0.15) is 17.7 Å². The lowest BCUT2D eigenvalue weighted by Crippen LogP contribution is -1.80. The van der Waals surface area contributed by atoms with Crippen LogP contribution in [0.15, 0.2) is 24.4 Å². The zero-order chi connectivity index (χ0) is 8.39. The summed E-state index contributed by atoms with van der Waals surface area (Å²) in [7, 11) is 0. The molecule has 62 valence electrons. The van der Waals surface area contributed by atoms with E-state index >= 15 is 0 Å². The number of aromatic nitrogens is 1. The molecule has 0 atom stereocenters. The second kappa shape index (κ2) is 3.11. The second-order valence-electron chi connectivity index (χ2n) is 2.70. The monoisotopic (exact) mass is 178 g/mol. The van der Waals surface area contributed by atoms with Gasteiger partial charge in [0.2, 0.25) is 0 Å². The molecule has 0 spiro atoms. The molecule has 2 nitrogen and oxygen atoms in total. The van der Waals surface area contributed by atoms with Gasteiger partial charge in [0, 0.05) is 6.20 Å². The molecular weight excluding hydrogens is 168 g/mol. The van der Waals surface area contributed by atoms with Crippen molar-refractivity contribution in [2.45, 2.75) is 12.8 Å². The molecule has 0 aliphatic heterocycles. The van der Waals surface area contributed by atoms with Crippen LogP contribution < -0.4 is 5.73 Å². The normalized spacial score (nSPS) is 16.2. The molecule has 1 aromatic rings. The molecule has 0 saturated heterocycles. The van der Waals surface area contributed by atoms with Gasteiger partial charge in [-0.05, 0) is 18.4 Å². The van der Waals surface area contributed by atoms with Gasteiger partial charge in [0.25, 0.3) is 0 Å². The molecule has 0 aromatic carbocycles. The van der Waals surface area contributed by atoms with Crippen molar-refractivity contribution in [2.75, 3.05) is 5.73 Å². The van der Waals surface area contributed by atoms with E-state index in [1.165, 1.54) is 10.5 Å². The number of rotatable bonds is 1. The Kier molecular flexibility index (Phi) is 1.96. The van der Waals surface area contributed by atoms with Gasteiger partial charge in [0.15, 0.2) is 5.13 Å². The summed E-state index contributed by atoms with van der Waals surface area (Å²) in [6, 6.07) is 0. The topological polar surface area (TPSA) is 38.9 Å². The fraction of sp³-hybridized carbons (Fsp3) is 0.222. The largest absolute Gasteiger partial charge is 0.375 e. The fourth-order valence-corrected chi connectivity index (χ4v) is 1.92. The van der Waals surface area contributed by atoms with Crippen molar-refractivity contribution in [3.05, 3.63) is 29.3 Å². The number of thiazole rings is 1. The van der Waals surface area contributed by atoms with E-state index in [0.29, 0.717) is 5.13 Å². The van der Waals surface area contributed by atoms with E-state index in [0.717, 1.165) is 12.8 Å². The first-order valence-electron chi connectivity index (χ1n) is 3.94. The molecule has 12 heavy (non-hydrogen) atoms. The fourth-order valence-electron chi connectivity index (χ4n) is 1.22. The highest BCUT2D eigenvalue weighted by atomic mass is 32.1. The van der Waals surface area contributed by atoms with Gasteiger partial charge in [-0.25, -0.2) is 4.98 Å². The minimum atomic E-state index is 0.643. The summed E-state index contributed by atoms with van der Waals surface area (Å²) in [6.45, 7) is 0. The van der Waals surface area contributed by atoms with Crippen LogP contribution in [-0.2, 0) is 0 Å². The molecule has 1 aromatic heterocycles. The Hall–Kier alpha value is -1.09. The van der Waals surface area contributed by atoms with E-state index < -0.39 is 0 Å². The molecule has 1 aliphatic carbocycles. The van der Waals surface area contributed by atoms with Crippen LogP contribution >= 0.6 is 11.3 Å². The Morgan fingerprint density at radius 1 is 1.42 bits per heavy atom. The molecule has 0 fully saturated rings. The summed E-state index contributed by atoms with van der Waals surface area (Å²) in [6.07, 6.45) is 10.7. The molecule has 2 N–H and O–H groups in total. The van der Waals surface area contributed by atoms with Crippen LogP contribution in [0.4, 0.5) is 5.13 Å². The number of nitrogens with two attached hydrogens (primary N) is 1. The van der Waals surface area contributed by atoms with Crippen LogP contribution in [0.25, 0.3) is 5.57 Å². The smallest absolute Gasteiger partial charge is 0.180 e. The average molecular weight is 178 g/mol. The van der Waals surface area contributed by atoms with Gasteiger partial charge >= 0.3 is 0 Å². The number of hydrogen-bond donors (Lipinski definition) is 1. The van der Waals surface area contributed by atoms with E-state index in [9.17, 15) is 0 Å². The molecule has 1 aliphatic rings. The van der Waals surface area contributed by atoms with Gasteiger partial charge in [-0.15, -0.1) is 0 Å². The third-order valence-electron chi connectivity index (χ3n) is 1.80. The minimum Gasteiger partial charge on any atom is -0.375 e. The van der Waals surface area contributed by atoms with Crippen molar-refractivity contribution in [2.24, 2.45) is 0 Å². The zero-order valence-electron chi connectivity index (χ0n) is 6.66. The maximum absolute atomic E-state index is 5.54. The van der Waals surface area contributed by atoms with Gasteiger partial charge in [-0.3, -0.25) is 0 Å². The molecule has 0 radical (unpaired) electrons. The molecular formula is C9H10N2S. The molecule has 2 rings (SSSR count). The molecule has 0 amide bonds. The maximum Gasteiger partial charge on any atom is 0.180 e. The average Bonchev–Trinajstić information content (AvgIpc) is 2.54. The Morgan fingerprint density at radius 2 is 2.33 bits per heavy atom. The van der Waals surface area contributed by atoms with E-state index in [4.69, 9.17) is 5.73 Å². The first-order valence-corrected chi connectivity index (χ1v) is 4.76. The highest BCUT2D eigenvalue weighted by molar-refractivity contribution is 7.16. The van der Waals surface area contributed by atoms with Crippen LogP contribution in [-0.4, -0.2) is 4.98 Å². The standard InChI is InChI=1S/C9H10N2S/c10-9-11-6-8(12-9)7-4-2-1-3-5-7/h2,4-6H,1,3H2,(H2,10,11). The lowest BCUT2D eigenvalue weighted by molar-refractivity contribution is 1.04. The van der Waals surface area contributed by atoms with Gasteiger partial charge in [0.1, 0.15) is 0 Å². The Labute approximate surface area is 75.4 Å². The second-order valence-corrected chi connectivity index (χ2v) is 3.76. The Balaban J connectivity index is 2.30. The first kappa shape index (κ1) is 7.55. The summed E-state index contributed by atoms with van der Waals surface area (Å²) in [4.78, 5) is 5.18. The maximum atomic E-state index is 5.54. The van der Waals surface area contributed by atoms with Crippen LogP contribution in [0.2, 0.25) is 0 Å². The van der Waals surface area contributed by atoms with Gasteiger partial charge < -0.3 is 5.73 Å². The number of hydrogen-bond acceptors (Lipinski definition) is 3. The molecule has 0 unspecified atom stereocenters. The number of allylic oxidation sites excluding steroid dienone is 4. The Bertz CT molecular complexity index is 336. The van der Waals surface area contributed by atoms with Crippen LogP contribution in [0.3, 0.4) is 0 Å². The predicted octanol–water partition coefficient (Wildman–Crippen LogP) is 2.46. The summed E-state index contributed by atoms with van der Waals surface area (Å²) in [5.41, 5.74) is 6.80. The highest BCUT2D eigenvalue weighted by Crippen LogP contribution is 2.26. The third-order valence-corrected chi connectivity index (χ3v) is 2.68. The molecule has 0 bridgehead atoms. The van der Waals surface area contributed by atoms with Crippen molar-refractivity contribution >= 4 is 22.0 Å². The van der Waals surface area contributed by atoms with Crippen molar-refractivity contribution in [1.82, 2.24) is 4.98 Å². The van der Waals surface area contributed by atoms with Crippen LogP contribution in [0, 0.1) is 0 Å². The van der Waals surface area contributed by atoms with E-state index in [1.807, 2.05) is 6.20 Å². The van der Waals surface area contributed by atoms with Crippen molar-refractivity contribution < 1.29 is 0 Å². The summed E-state index contributed by atoms with van der Waals surface area (Å²) in [5.74, 6) is 0. The van der Waals surface area contributed by atoms with Crippen molar-refractivity contribution in [3.8, 4) is 0 Å². The van der Waals surface area contributed by atoms with E-state index in [1.54, 1.807) is 11.3 Å². The van der Waals surface area contributed by atoms with E-state index in [2.05, 4.69) is 23.2 Å². The van der Waals surface area contributed by atoms with Crippen molar-refractivity contribution in [3.63, 3.8) is 0 Å².